The van der Waals surface area contributed by atoms with Crippen LogP contribution in [0.1, 0.15) is 24.2 Å². The first kappa shape index (κ1) is 11.7. The Balaban J connectivity index is 3.25. The van der Waals surface area contributed by atoms with Gasteiger partial charge >= 0.3 is 0 Å². The molecule has 0 fully saturated rings. The van der Waals surface area contributed by atoms with Crippen LogP contribution >= 0.6 is 23.2 Å². The normalized spacial score (nSPS) is 15.3. The minimum absolute atomic E-state index is 0.0558. The molecule has 1 aromatic rings. The average molecular weight is 237 g/mol. The van der Waals surface area contributed by atoms with E-state index in [0.717, 1.165) is 0 Å². The highest BCUT2D eigenvalue weighted by Crippen LogP contribution is 2.29. The molecule has 14 heavy (non-hydrogen) atoms. The summed E-state index contributed by atoms with van der Waals surface area (Å²) in [6.45, 7) is 3.11. The lowest BCUT2D eigenvalue weighted by atomic mass is 10.0. The lowest BCUT2D eigenvalue weighted by Crippen LogP contribution is -2.16. The largest absolute Gasteiger partial charge is 0.390 e. The SMILES string of the molecule is Cc1c(Cl)nnc(Cl)c1C(O)C(C)O. The van der Waals surface area contributed by atoms with E-state index >= 15 is 0 Å². The van der Waals surface area contributed by atoms with E-state index in [1.165, 1.54) is 6.92 Å². The van der Waals surface area contributed by atoms with Crippen molar-refractivity contribution in [1.29, 1.82) is 0 Å². The molecular formula is C8H10Cl2N2O2. The number of halogens is 2. The molecule has 0 bridgehead atoms. The maximum absolute atomic E-state index is 9.62. The van der Waals surface area contributed by atoms with Crippen LogP contribution in [-0.2, 0) is 0 Å². The molecule has 2 unspecified atom stereocenters. The third-order valence-electron chi connectivity index (χ3n) is 1.91. The molecule has 0 saturated carbocycles. The molecule has 2 N–H and O–H groups in total. The molecular weight excluding hydrogens is 227 g/mol. The van der Waals surface area contributed by atoms with Gasteiger partial charge in [0.15, 0.2) is 10.3 Å². The fourth-order valence-electron chi connectivity index (χ4n) is 1.07. The van der Waals surface area contributed by atoms with Gasteiger partial charge in [-0.2, -0.15) is 0 Å². The Hall–Kier alpha value is -0.420. The maximum atomic E-state index is 9.62. The predicted octanol–water partition coefficient (Wildman–Crippen LogP) is 1.51. The number of aliphatic hydroxyl groups is 2. The smallest absolute Gasteiger partial charge is 0.157 e. The summed E-state index contributed by atoms with van der Waals surface area (Å²) in [6, 6.07) is 0. The third-order valence-corrected chi connectivity index (χ3v) is 2.55. The van der Waals surface area contributed by atoms with Gasteiger partial charge in [-0.25, -0.2) is 0 Å². The van der Waals surface area contributed by atoms with Crippen LogP contribution in [0.5, 0.6) is 0 Å². The van der Waals surface area contributed by atoms with E-state index in [0.29, 0.717) is 11.1 Å². The van der Waals surface area contributed by atoms with Gasteiger partial charge in [0.1, 0.15) is 6.10 Å². The van der Waals surface area contributed by atoms with Crippen LogP contribution in [-0.4, -0.2) is 26.5 Å². The van der Waals surface area contributed by atoms with Crippen molar-refractivity contribution < 1.29 is 10.2 Å². The summed E-state index contributed by atoms with van der Waals surface area (Å²) in [6.07, 6.45) is -2.04. The molecule has 0 radical (unpaired) electrons. The number of nitrogens with zero attached hydrogens (tertiary/aromatic N) is 2. The highest BCUT2D eigenvalue weighted by atomic mass is 35.5. The van der Waals surface area contributed by atoms with Crippen LogP contribution in [0, 0.1) is 6.92 Å². The highest BCUT2D eigenvalue weighted by molar-refractivity contribution is 6.32. The minimum atomic E-state index is -1.10. The summed E-state index contributed by atoms with van der Waals surface area (Å²) < 4.78 is 0. The van der Waals surface area contributed by atoms with Crippen molar-refractivity contribution in [2.75, 3.05) is 0 Å². The van der Waals surface area contributed by atoms with Crippen molar-refractivity contribution in [2.24, 2.45) is 0 Å². The topological polar surface area (TPSA) is 66.2 Å². The van der Waals surface area contributed by atoms with Crippen molar-refractivity contribution in [3.8, 4) is 0 Å². The third kappa shape index (κ3) is 2.15. The molecule has 0 amide bonds. The van der Waals surface area contributed by atoms with Gasteiger partial charge in [0, 0.05) is 5.56 Å². The minimum Gasteiger partial charge on any atom is -0.390 e. The Morgan fingerprint density at radius 3 is 2.14 bits per heavy atom. The van der Waals surface area contributed by atoms with Crippen molar-refractivity contribution in [2.45, 2.75) is 26.1 Å². The van der Waals surface area contributed by atoms with E-state index in [4.69, 9.17) is 23.2 Å². The molecule has 1 rings (SSSR count). The maximum Gasteiger partial charge on any atom is 0.157 e. The molecule has 2 atom stereocenters. The second-order valence-corrected chi connectivity index (χ2v) is 3.72. The van der Waals surface area contributed by atoms with E-state index in [2.05, 4.69) is 10.2 Å². The molecule has 4 nitrogen and oxygen atoms in total. The van der Waals surface area contributed by atoms with Gasteiger partial charge in [0.25, 0.3) is 0 Å². The number of aliphatic hydroxyl groups excluding tert-OH is 2. The monoisotopic (exact) mass is 236 g/mol. The molecule has 78 valence electrons. The Bertz CT molecular complexity index is 344. The first-order valence-corrected chi connectivity index (χ1v) is 4.75. The van der Waals surface area contributed by atoms with Crippen LogP contribution in [0.2, 0.25) is 10.3 Å². The van der Waals surface area contributed by atoms with Crippen LogP contribution in [0.4, 0.5) is 0 Å². The fourth-order valence-corrected chi connectivity index (χ4v) is 1.50. The van der Waals surface area contributed by atoms with Crippen molar-refractivity contribution in [3.05, 3.63) is 21.4 Å². The standard InChI is InChI=1S/C8H10Cl2N2O2/c1-3-5(6(14)4(2)13)8(10)12-11-7(3)9/h4,6,13-14H,1-2H3. The molecule has 1 aromatic heterocycles. The van der Waals surface area contributed by atoms with Crippen molar-refractivity contribution >= 4 is 23.2 Å². The lowest BCUT2D eigenvalue weighted by molar-refractivity contribution is 0.0299. The summed E-state index contributed by atoms with van der Waals surface area (Å²) in [5, 5.41) is 26.2. The zero-order valence-electron chi connectivity index (χ0n) is 7.70. The molecule has 0 aliphatic rings. The van der Waals surface area contributed by atoms with Gasteiger partial charge < -0.3 is 10.2 Å². The number of hydrogen-bond acceptors (Lipinski definition) is 4. The Kier molecular flexibility index (Phi) is 3.66. The van der Waals surface area contributed by atoms with Gasteiger partial charge in [-0.15, -0.1) is 10.2 Å². The summed E-state index contributed by atoms with van der Waals surface area (Å²) in [5.41, 5.74) is 0.849. The Morgan fingerprint density at radius 1 is 1.14 bits per heavy atom. The summed E-state index contributed by atoms with van der Waals surface area (Å²) >= 11 is 11.4. The fraction of sp³-hybridized carbons (Fsp3) is 0.500. The van der Waals surface area contributed by atoms with Gasteiger partial charge in [-0.1, -0.05) is 23.2 Å². The predicted molar refractivity (Wildman–Crippen MR) is 53.4 cm³/mol. The molecule has 0 saturated heterocycles. The van der Waals surface area contributed by atoms with Gasteiger partial charge in [-0.05, 0) is 19.4 Å². The van der Waals surface area contributed by atoms with E-state index < -0.39 is 12.2 Å². The number of aromatic nitrogens is 2. The molecule has 0 aliphatic carbocycles. The molecule has 1 heterocycles. The van der Waals surface area contributed by atoms with Gasteiger partial charge in [-0.3, -0.25) is 0 Å². The van der Waals surface area contributed by atoms with Crippen molar-refractivity contribution in [1.82, 2.24) is 10.2 Å². The van der Waals surface area contributed by atoms with E-state index in [-0.39, 0.29) is 10.3 Å². The Morgan fingerprint density at radius 2 is 1.64 bits per heavy atom. The molecule has 6 heteroatoms. The lowest BCUT2D eigenvalue weighted by Gasteiger charge is -2.17. The van der Waals surface area contributed by atoms with Crippen molar-refractivity contribution in [3.63, 3.8) is 0 Å². The summed E-state index contributed by atoms with van der Waals surface area (Å²) in [4.78, 5) is 0. The van der Waals surface area contributed by atoms with Gasteiger partial charge in [0.05, 0.1) is 6.10 Å². The highest BCUT2D eigenvalue weighted by Gasteiger charge is 2.22. The quantitative estimate of drug-likeness (QED) is 0.818. The molecule has 0 spiro atoms. The Labute approximate surface area is 91.5 Å². The molecule has 0 aromatic carbocycles. The first-order chi connectivity index (χ1) is 6.45. The average Bonchev–Trinajstić information content (AvgIpc) is 2.12. The number of rotatable bonds is 2. The second-order valence-electron chi connectivity index (χ2n) is 3.01. The van der Waals surface area contributed by atoms with Crippen LogP contribution in [0.3, 0.4) is 0 Å². The van der Waals surface area contributed by atoms with E-state index in [9.17, 15) is 10.2 Å². The zero-order chi connectivity index (χ0) is 10.9. The van der Waals surface area contributed by atoms with Crippen LogP contribution < -0.4 is 0 Å². The zero-order valence-corrected chi connectivity index (χ0v) is 9.21. The number of hydrogen-bond donors (Lipinski definition) is 2. The van der Waals surface area contributed by atoms with E-state index in [1.807, 2.05) is 0 Å². The summed E-state index contributed by atoms with van der Waals surface area (Å²) in [7, 11) is 0. The van der Waals surface area contributed by atoms with Crippen LogP contribution in [0.15, 0.2) is 0 Å². The second kappa shape index (κ2) is 4.40. The molecule has 0 aliphatic heterocycles. The van der Waals surface area contributed by atoms with E-state index in [1.54, 1.807) is 6.92 Å². The van der Waals surface area contributed by atoms with Gasteiger partial charge in [0.2, 0.25) is 0 Å². The summed E-state index contributed by atoms with van der Waals surface area (Å²) in [5.74, 6) is 0. The first-order valence-electron chi connectivity index (χ1n) is 3.99. The van der Waals surface area contributed by atoms with Crippen LogP contribution in [0.25, 0.3) is 0 Å².